The third kappa shape index (κ3) is 3.21. The maximum atomic E-state index is 14.6. The Morgan fingerprint density at radius 3 is 2.56 bits per heavy atom. The van der Waals surface area contributed by atoms with E-state index in [9.17, 15) is 14.3 Å². The maximum Gasteiger partial charge on any atom is 0.282 e. The molecule has 1 N–H and O–H groups in total. The summed E-state index contributed by atoms with van der Waals surface area (Å²) in [6.45, 7) is 2.43. The number of nitrogens with zero attached hydrogens (tertiary/aromatic N) is 2. The van der Waals surface area contributed by atoms with Crippen molar-refractivity contribution in [1.29, 1.82) is 0 Å². The van der Waals surface area contributed by atoms with Crippen LogP contribution in [-0.4, -0.2) is 60.8 Å². The molecule has 7 nitrogen and oxygen atoms in total. The Morgan fingerprint density at radius 2 is 1.96 bits per heavy atom. The van der Waals surface area contributed by atoms with Crippen LogP contribution in [0.5, 0.6) is 0 Å². The van der Waals surface area contributed by atoms with E-state index in [4.69, 9.17) is 26.0 Å². The molecule has 0 saturated carbocycles. The molecule has 1 aromatic carbocycles. The number of piperidine rings is 1. The summed E-state index contributed by atoms with van der Waals surface area (Å²) >= 11 is 6.28. The van der Waals surface area contributed by atoms with Gasteiger partial charge in [-0.25, -0.2) is 14.3 Å². The van der Waals surface area contributed by atoms with Gasteiger partial charge in [-0.1, -0.05) is 17.7 Å². The first-order chi connectivity index (χ1) is 12.9. The zero-order chi connectivity index (χ0) is 19.8. The summed E-state index contributed by atoms with van der Waals surface area (Å²) in [5.41, 5.74) is -0.820. The summed E-state index contributed by atoms with van der Waals surface area (Å²) in [4.78, 5) is 23.8. The van der Waals surface area contributed by atoms with E-state index in [0.717, 1.165) is 5.06 Å². The second-order valence-electron chi connectivity index (χ2n) is 6.56. The first-order valence-electron chi connectivity index (χ1n) is 8.51. The molecule has 1 saturated heterocycles. The van der Waals surface area contributed by atoms with Crippen LogP contribution in [-0.2, 0) is 19.2 Å². The molecule has 2 aliphatic rings. The Morgan fingerprint density at radius 1 is 1.30 bits per heavy atom. The van der Waals surface area contributed by atoms with Gasteiger partial charge in [-0.3, -0.25) is 4.79 Å². The molecule has 0 atom stereocenters. The van der Waals surface area contributed by atoms with E-state index in [1.807, 2.05) is 0 Å². The predicted octanol–water partition coefficient (Wildman–Crippen LogP) is 2.83. The SMILES string of the molecule is COCON1C(=O)C(c2c(F)ccc(C)c2Cl)=C(O)C12CCN(OC)CC2. The topological polar surface area (TPSA) is 71.5 Å². The van der Waals surface area contributed by atoms with E-state index in [1.54, 1.807) is 19.1 Å². The van der Waals surface area contributed by atoms with Crippen molar-refractivity contribution in [3.05, 3.63) is 39.9 Å². The fourth-order valence-corrected chi connectivity index (χ4v) is 3.85. The predicted molar refractivity (Wildman–Crippen MR) is 96.0 cm³/mol. The molecular formula is C18H22ClFN2O5. The van der Waals surface area contributed by atoms with Crippen LogP contribution in [0.4, 0.5) is 4.39 Å². The van der Waals surface area contributed by atoms with Crippen molar-refractivity contribution < 1.29 is 28.7 Å². The summed E-state index contributed by atoms with van der Waals surface area (Å²) in [7, 11) is 2.98. The Hall–Kier alpha value is -1.71. The third-order valence-electron chi connectivity index (χ3n) is 5.11. The van der Waals surface area contributed by atoms with Gasteiger partial charge >= 0.3 is 0 Å². The molecular weight excluding hydrogens is 379 g/mol. The number of hydrogen-bond donors (Lipinski definition) is 1. The molecule has 0 aromatic heterocycles. The number of hydroxylamine groups is 4. The molecule has 27 heavy (non-hydrogen) atoms. The normalized spacial score (nSPS) is 20.2. The Kier molecular flexibility index (Phi) is 5.73. The first kappa shape index (κ1) is 20.0. The Labute approximate surface area is 161 Å². The number of carbonyl (C=O) groups is 1. The van der Waals surface area contributed by atoms with Crippen molar-refractivity contribution in [3.63, 3.8) is 0 Å². The average molecular weight is 401 g/mol. The van der Waals surface area contributed by atoms with E-state index in [-0.39, 0.29) is 28.7 Å². The Balaban J connectivity index is 2.11. The van der Waals surface area contributed by atoms with E-state index in [0.29, 0.717) is 31.5 Å². The van der Waals surface area contributed by atoms with Gasteiger partial charge in [0.1, 0.15) is 17.1 Å². The number of aliphatic hydroxyl groups is 1. The van der Waals surface area contributed by atoms with E-state index in [2.05, 4.69) is 0 Å². The number of carbonyl (C=O) groups excluding carboxylic acids is 1. The minimum absolute atomic E-state index is 0.0861. The molecule has 9 heteroatoms. The van der Waals surface area contributed by atoms with Gasteiger partial charge in [0.15, 0.2) is 6.79 Å². The highest BCUT2D eigenvalue weighted by atomic mass is 35.5. The number of benzene rings is 1. The quantitative estimate of drug-likeness (QED) is 0.766. The zero-order valence-corrected chi connectivity index (χ0v) is 16.2. The maximum absolute atomic E-state index is 14.6. The van der Waals surface area contributed by atoms with Gasteiger partial charge in [0.05, 0.1) is 17.7 Å². The second kappa shape index (κ2) is 7.73. The summed E-state index contributed by atoms with van der Waals surface area (Å²) in [5.74, 6) is -1.58. The number of halogens is 2. The van der Waals surface area contributed by atoms with Gasteiger partial charge in [-0.15, -0.1) is 0 Å². The monoisotopic (exact) mass is 400 g/mol. The lowest BCUT2D eigenvalue weighted by Gasteiger charge is -2.42. The molecule has 1 spiro atoms. The van der Waals surface area contributed by atoms with Crippen LogP contribution in [0.25, 0.3) is 5.57 Å². The van der Waals surface area contributed by atoms with Crippen LogP contribution >= 0.6 is 11.6 Å². The molecule has 148 valence electrons. The molecule has 2 aliphatic heterocycles. The smallest absolute Gasteiger partial charge is 0.282 e. The van der Waals surface area contributed by atoms with Crippen LogP contribution in [0.3, 0.4) is 0 Å². The van der Waals surface area contributed by atoms with E-state index >= 15 is 0 Å². The minimum atomic E-state index is -1.13. The molecule has 1 amide bonds. The van der Waals surface area contributed by atoms with Crippen LogP contribution in [0.15, 0.2) is 17.9 Å². The number of amides is 1. The second-order valence-corrected chi connectivity index (χ2v) is 6.93. The fraction of sp³-hybridized carbons (Fsp3) is 0.500. The molecule has 1 aromatic rings. The summed E-state index contributed by atoms with van der Waals surface area (Å²) < 4.78 is 19.5. The van der Waals surface area contributed by atoms with Gasteiger partial charge in [0.2, 0.25) is 0 Å². The molecule has 3 rings (SSSR count). The lowest BCUT2D eigenvalue weighted by atomic mass is 9.86. The van der Waals surface area contributed by atoms with Crippen molar-refractivity contribution in [2.24, 2.45) is 0 Å². The number of aryl methyl sites for hydroxylation is 1. The zero-order valence-electron chi connectivity index (χ0n) is 15.4. The van der Waals surface area contributed by atoms with Crippen LogP contribution < -0.4 is 0 Å². The van der Waals surface area contributed by atoms with Gasteiger partial charge in [-0.05, 0) is 31.4 Å². The van der Waals surface area contributed by atoms with Crippen molar-refractivity contribution >= 4 is 23.1 Å². The number of aliphatic hydroxyl groups excluding tert-OH is 1. The number of rotatable bonds is 5. The fourth-order valence-electron chi connectivity index (χ4n) is 3.60. The standard InChI is InChI=1S/C18H22ClFN2O5/c1-11-4-5-12(20)13(15(11)19)14-16(23)18(6-8-21(26-3)9-7-18)22(17(14)24)27-10-25-2/h4-5,23H,6-10H2,1-3H3. The van der Waals surface area contributed by atoms with Crippen LogP contribution in [0.2, 0.25) is 5.02 Å². The van der Waals surface area contributed by atoms with Gasteiger partial charge in [-0.2, -0.15) is 5.06 Å². The molecule has 0 radical (unpaired) electrons. The summed E-state index contributed by atoms with van der Waals surface area (Å²) in [6, 6.07) is 2.74. The highest BCUT2D eigenvalue weighted by Gasteiger charge is 2.55. The van der Waals surface area contributed by atoms with Crippen molar-refractivity contribution in [3.8, 4) is 0 Å². The molecule has 0 bridgehead atoms. The van der Waals surface area contributed by atoms with Crippen LogP contribution in [0.1, 0.15) is 24.0 Å². The lowest BCUT2D eigenvalue weighted by Crippen LogP contribution is -2.55. The lowest BCUT2D eigenvalue weighted by molar-refractivity contribution is -0.259. The van der Waals surface area contributed by atoms with Gasteiger partial charge in [0.25, 0.3) is 5.91 Å². The van der Waals surface area contributed by atoms with Crippen molar-refractivity contribution in [2.75, 3.05) is 34.1 Å². The summed E-state index contributed by atoms with van der Waals surface area (Å²) in [6.07, 6.45) is 0.688. The number of hydrogen-bond acceptors (Lipinski definition) is 6. The number of methoxy groups -OCH3 is 1. The highest BCUT2D eigenvalue weighted by molar-refractivity contribution is 6.36. The minimum Gasteiger partial charge on any atom is -0.509 e. The number of ether oxygens (including phenoxy) is 1. The van der Waals surface area contributed by atoms with Crippen molar-refractivity contribution in [2.45, 2.75) is 25.3 Å². The summed E-state index contributed by atoms with van der Waals surface area (Å²) in [5, 5.41) is 14.0. The van der Waals surface area contributed by atoms with Crippen molar-refractivity contribution in [1.82, 2.24) is 10.1 Å². The van der Waals surface area contributed by atoms with Crippen LogP contribution in [0, 0.1) is 12.7 Å². The van der Waals surface area contributed by atoms with Gasteiger partial charge < -0.3 is 14.7 Å². The molecule has 0 unspecified atom stereocenters. The molecule has 2 heterocycles. The van der Waals surface area contributed by atoms with E-state index < -0.39 is 17.3 Å². The largest absolute Gasteiger partial charge is 0.509 e. The average Bonchev–Trinajstić information content (AvgIpc) is 2.86. The third-order valence-corrected chi connectivity index (χ3v) is 5.59. The first-order valence-corrected chi connectivity index (χ1v) is 8.89. The van der Waals surface area contributed by atoms with E-state index in [1.165, 1.54) is 19.2 Å². The highest BCUT2D eigenvalue weighted by Crippen LogP contribution is 2.47. The Bertz CT molecular complexity index is 777. The molecule has 1 fully saturated rings. The molecule has 0 aliphatic carbocycles. The van der Waals surface area contributed by atoms with Gasteiger partial charge in [0, 0.05) is 25.8 Å².